The normalized spacial score (nSPS) is 15.4. The molecule has 2 aromatic carbocycles. The van der Waals surface area contributed by atoms with E-state index < -0.39 is 27.0 Å². The second-order valence-electron chi connectivity index (χ2n) is 12.6. The van der Waals surface area contributed by atoms with Crippen LogP contribution < -0.4 is 10.1 Å². The van der Waals surface area contributed by atoms with Gasteiger partial charge in [-0.25, -0.2) is 32.6 Å². The highest BCUT2D eigenvalue weighted by Crippen LogP contribution is 2.38. The van der Waals surface area contributed by atoms with Crippen molar-refractivity contribution >= 4 is 32.7 Å². The minimum Gasteiger partial charge on any atom is -0.444 e. The standard InChI is InChI=1S/C34H40FN5O6S/c1-22-10-11-24-25(12-13-28(35)27(24)21-47(42,43)19-18-44-5)30(22)45-31-26(9-6-15-36-31)29-14-16-37-32(39-29)38-23-8-7-17-40(20-23)33(41)46-34(2,3)4/h6,9-16,23H,7-8,17-21H2,1-5H3,(H,37,38,39)/t23-/m0/s1. The van der Waals surface area contributed by atoms with E-state index in [0.717, 1.165) is 18.4 Å². The molecule has 0 bridgehead atoms. The smallest absolute Gasteiger partial charge is 0.410 e. The number of rotatable bonds is 10. The molecule has 5 rings (SSSR count). The van der Waals surface area contributed by atoms with Gasteiger partial charge in [-0.3, -0.25) is 0 Å². The second-order valence-corrected chi connectivity index (χ2v) is 14.7. The van der Waals surface area contributed by atoms with Crippen LogP contribution in [0.4, 0.5) is 15.1 Å². The number of benzene rings is 2. The first-order chi connectivity index (χ1) is 22.3. The number of hydrogen-bond donors (Lipinski definition) is 1. The van der Waals surface area contributed by atoms with Crippen LogP contribution in [0.25, 0.3) is 22.0 Å². The predicted octanol–water partition coefficient (Wildman–Crippen LogP) is 6.30. The highest BCUT2D eigenvalue weighted by atomic mass is 32.2. The van der Waals surface area contributed by atoms with Crippen molar-refractivity contribution in [2.75, 3.05) is 37.9 Å². The molecule has 4 aromatic rings. The number of fused-ring (bicyclic) bond motifs is 1. The first kappa shape index (κ1) is 34.0. The molecule has 2 aromatic heterocycles. The highest BCUT2D eigenvalue weighted by molar-refractivity contribution is 7.90. The number of carbonyl (C=O) groups excluding carboxylic acids is 1. The lowest BCUT2D eigenvalue weighted by Crippen LogP contribution is -2.47. The Balaban J connectivity index is 1.41. The molecule has 1 N–H and O–H groups in total. The molecular weight excluding hydrogens is 625 g/mol. The number of aromatic nitrogens is 3. The van der Waals surface area contributed by atoms with Crippen LogP contribution in [0, 0.1) is 12.7 Å². The summed E-state index contributed by atoms with van der Waals surface area (Å²) in [6.07, 6.45) is 4.54. The van der Waals surface area contributed by atoms with E-state index in [4.69, 9.17) is 19.2 Å². The number of anilines is 1. The van der Waals surface area contributed by atoms with Gasteiger partial charge in [-0.1, -0.05) is 12.1 Å². The zero-order chi connectivity index (χ0) is 33.8. The van der Waals surface area contributed by atoms with Gasteiger partial charge in [0, 0.05) is 49.6 Å². The Morgan fingerprint density at radius 1 is 1.09 bits per heavy atom. The van der Waals surface area contributed by atoms with E-state index in [2.05, 4.69) is 15.3 Å². The van der Waals surface area contributed by atoms with Crippen LogP contribution in [0.2, 0.25) is 0 Å². The Morgan fingerprint density at radius 3 is 2.64 bits per heavy atom. The van der Waals surface area contributed by atoms with Gasteiger partial charge in [0.1, 0.15) is 17.2 Å². The van der Waals surface area contributed by atoms with Crippen molar-refractivity contribution in [3.05, 3.63) is 71.8 Å². The Kier molecular flexibility index (Phi) is 10.3. The SMILES string of the molecule is COCCS(=O)(=O)Cc1c(F)ccc2c(Oc3ncccc3-c3ccnc(N[C@H]4CCCN(C(=O)OC(C)(C)C)C4)n3)c(C)ccc12. The van der Waals surface area contributed by atoms with Crippen molar-refractivity contribution < 1.29 is 31.8 Å². The number of nitrogens with zero attached hydrogens (tertiary/aromatic N) is 4. The summed E-state index contributed by atoms with van der Waals surface area (Å²) in [5.41, 5.74) is 1.40. The van der Waals surface area contributed by atoms with Crippen molar-refractivity contribution in [3.63, 3.8) is 0 Å². The van der Waals surface area contributed by atoms with Gasteiger partial charge in [0.05, 0.1) is 29.4 Å². The van der Waals surface area contributed by atoms with Crippen LogP contribution >= 0.6 is 0 Å². The number of sulfone groups is 1. The molecule has 1 aliphatic heterocycles. The van der Waals surface area contributed by atoms with E-state index in [1.165, 1.54) is 13.2 Å². The number of methoxy groups -OCH3 is 1. The Bertz CT molecular complexity index is 1860. The lowest BCUT2D eigenvalue weighted by molar-refractivity contribution is 0.0206. The van der Waals surface area contributed by atoms with Gasteiger partial charge >= 0.3 is 6.09 Å². The first-order valence-corrected chi connectivity index (χ1v) is 17.3. The molecule has 11 nitrogen and oxygen atoms in total. The predicted molar refractivity (Wildman–Crippen MR) is 178 cm³/mol. The second kappa shape index (κ2) is 14.2. The van der Waals surface area contributed by atoms with E-state index in [0.29, 0.717) is 46.8 Å². The zero-order valence-electron chi connectivity index (χ0n) is 27.2. The van der Waals surface area contributed by atoms with Crippen LogP contribution in [0.15, 0.2) is 54.9 Å². The molecule has 0 aliphatic carbocycles. The fourth-order valence-corrected chi connectivity index (χ4v) is 6.72. The van der Waals surface area contributed by atoms with Gasteiger partial charge in [0.15, 0.2) is 9.84 Å². The maximum absolute atomic E-state index is 15.1. The average Bonchev–Trinajstić information content (AvgIpc) is 3.02. The van der Waals surface area contributed by atoms with Gasteiger partial charge in [-0.05, 0) is 81.8 Å². The average molecular weight is 666 g/mol. The van der Waals surface area contributed by atoms with Gasteiger partial charge in [-0.15, -0.1) is 0 Å². The van der Waals surface area contributed by atoms with Crippen LogP contribution in [-0.4, -0.2) is 78.6 Å². The maximum atomic E-state index is 15.1. The summed E-state index contributed by atoms with van der Waals surface area (Å²) >= 11 is 0. The molecular formula is C34H40FN5O6S. The number of nitrogens with one attached hydrogen (secondary N) is 1. The molecule has 1 fully saturated rings. The molecule has 1 atom stereocenters. The van der Waals surface area contributed by atoms with Crippen molar-refractivity contribution in [2.24, 2.45) is 0 Å². The van der Waals surface area contributed by atoms with E-state index in [9.17, 15) is 13.2 Å². The van der Waals surface area contributed by atoms with Gasteiger partial charge in [0.25, 0.3) is 0 Å². The molecule has 1 amide bonds. The van der Waals surface area contributed by atoms with Crippen molar-refractivity contribution in [3.8, 4) is 22.9 Å². The summed E-state index contributed by atoms with van der Waals surface area (Å²) in [5, 5.41) is 4.35. The number of carbonyl (C=O) groups is 1. The highest BCUT2D eigenvalue weighted by Gasteiger charge is 2.28. The topological polar surface area (TPSA) is 133 Å². The number of likely N-dealkylation sites (tertiary alicyclic amines) is 1. The molecule has 0 spiro atoms. The summed E-state index contributed by atoms with van der Waals surface area (Å²) in [6.45, 7) is 8.49. The third kappa shape index (κ3) is 8.52. The van der Waals surface area contributed by atoms with Gasteiger partial charge in [0.2, 0.25) is 11.8 Å². The summed E-state index contributed by atoms with van der Waals surface area (Å²) in [4.78, 5) is 28.0. The molecule has 47 heavy (non-hydrogen) atoms. The zero-order valence-corrected chi connectivity index (χ0v) is 28.1. The van der Waals surface area contributed by atoms with Crippen molar-refractivity contribution in [1.29, 1.82) is 0 Å². The van der Waals surface area contributed by atoms with Gasteiger partial charge in [-0.2, -0.15) is 0 Å². The fourth-order valence-electron chi connectivity index (χ4n) is 5.42. The fraction of sp³-hybridized carbons (Fsp3) is 0.412. The third-order valence-electron chi connectivity index (χ3n) is 7.67. The number of hydrogen-bond acceptors (Lipinski definition) is 10. The first-order valence-electron chi connectivity index (χ1n) is 15.4. The van der Waals surface area contributed by atoms with Crippen molar-refractivity contribution in [1.82, 2.24) is 19.9 Å². The minimum atomic E-state index is -3.63. The number of pyridine rings is 1. The van der Waals surface area contributed by atoms with Crippen LogP contribution in [0.5, 0.6) is 11.6 Å². The number of ether oxygens (including phenoxy) is 3. The summed E-state index contributed by atoms with van der Waals surface area (Å²) in [6, 6.07) is 11.6. The molecule has 3 heterocycles. The molecule has 0 unspecified atom stereocenters. The van der Waals surface area contributed by atoms with Gasteiger partial charge < -0.3 is 24.4 Å². The molecule has 0 radical (unpaired) electrons. The summed E-state index contributed by atoms with van der Waals surface area (Å²) in [5.74, 6) is -0.214. The van der Waals surface area contributed by atoms with E-state index in [1.54, 1.807) is 47.6 Å². The molecule has 1 saturated heterocycles. The van der Waals surface area contributed by atoms with Crippen LogP contribution in [0.1, 0.15) is 44.7 Å². The maximum Gasteiger partial charge on any atom is 0.410 e. The monoisotopic (exact) mass is 665 g/mol. The number of amides is 1. The van der Waals surface area contributed by atoms with E-state index in [1.807, 2.05) is 33.8 Å². The molecule has 1 aliphatic rings. The lowest BCUT2D eigenvalue weighted by atomic mass is 10.0. The van der Waals surface area contributed by atoms with E-state index in [-0.39, 0.29) is 35.9 Å². The quantitative estimate of drug-likeness (QED) is 0.206. The van der Waals surface area contributed by atoms with Crippen LogP contribution in [0.3, 0.4) is 0 Å². The third-order valence-corrected chi connectivity index (χ3v) is 9.19. The van der Waals surface area contributed by atoms with Crippen LogP contribution in [-0.2, 0) is 25.1 Å². The molecule has 250 valence electrons. The number of halogens is 1. The number of aryl methyl sites for hydroxylation is 1. The minimum absolute atomic E-state index is 0.0239. The van der Waals surface area contributed by atoms with Crippen molar-refractivity contribution in [2.45, 2.75) is 57.9 Å². The number of piperidine rings is 1. The molecule has 13 heteroatoms. The molecule has 0 saturated carbocycles. The summed E-state index contributed by atoms with van der Waals surface area (Å²) in [7, 11) is -2.21. The van der Waals surface area contributed by atoms with E-state index >= 15 is 4.39 Å². The Hall–Kier alpha value is -4.36. The Labute approximate surface area is 274 Å². The Morgan fingerprint density at radius 2 is 1.87 bits per heavy atom. The largest absolute Gasteiger partial charge is 0.444 e. The summed E-state index contributed by atoms with van der Waals surface area (Å²) < 4.78 is 57.4. The lowest BCUT2D eigenvalue weighted by Gasteiger charge is -2.34.